The summed E-state index contributed by atoms with van der Waals surface area (Å²) in [6.07, 6.45) is 1.31. The van der Waals surface area contributed by atoms with Crippen LogP contribution in [0.15, 0.2) is 18.2 Å². The van der Waals surface area contributed by atoms with Crippen LogP contribution in [0.3, 0.4) is 0 Å². The zero-order chi connectivity index (χ0) is 8.27. The summed E-state index contributed by atoms with van der Waals surface area (Å²) in [5.74, 6) is 0. The summed E-state index contributed by atoms with van der Waals surface area (Å²) >= 11 is 7.98. The molecule has 0 fully saturated rings. The minimum atomic E-state index is 0.441. The first kappa shape index (κ1) is 9.00. The van der Waals surface area contributed by atoms with Crippen LogP contribution in [0.4, 0.5) is 0 Å². The van der Waals surface area contributed by atoms with Crippen LogP contribution in [0.2, 0.25) is 5.02 Å². The normalized spacial score (nSPS) is 9.64. The quantitative estimate of drug-likeness (QED) is 0.601. The van der Waals surface area contributed by atoms with E-state index in [2.05, 4.69) is 22.6 Å². The first-order valence-corrected chi connectivity index (χ1v) is 4.57. The van der Waals surface area contributed by atoms with Gasteiger partial charge in [0.25, 0.3) is 0 Å². The molecule has 0 N–H and O–H groups in total. The number of carbonyl (C=O) groups excluding carboxylic acids is 1. The van der Waals surface area contributed by atoms with Gasteiger partial charge in [-0.05, 0) is 40.3 Å². The highest BCUT2D eigenvalue weighted by molar-refractivity contribution is 14.1. The molecule has 0 atom stereocenters. The fourth-order valence-corrected chi connectivity index (χ4v) is 1.30. The van der Waals surface area contributed by atoms with Crippen LogP contribution in [0.1, 0.15) is 5.56 Å². The van der Waals surface area contributed by atoms with E-state index in [1.54, 1.807) is 0 Å². The second kappa shape index (κ2) is 4.07. The highest BCUT2D eigenvalue weighted by atomic mass is 127. The molecule has 0 aromatic heterocycles. The first-order valence-electron chi connectivity index (χ1n) is 3.11. The lowest BCUT2D eigenvalue weighted by Crippen LogP contribution is -1.85. The van der Waals surface area contributed by atoms with E-state index in [1.807, 2.05) is 18.2 Å². The van der Waals surface area contributed by atoms with E-state index in [4.69, 9.17) is 11.6 Å². The van der Waals surface area contributed by atoms with Gasteiger partial charge in [0, 0.05) is 9.99 Å². The number of hydrogen-bond donors (Lipinski definition) is 0. The summed E-state index contributed by atoms with van der Waals surface area (Å²) in [7, 11) is 0. The van der Waals surface area contributed by atoms with Crippen molar-refractivity contribution in [1.82, 2.24) is 0 Å². The van der Waals surface area contributed by atoms with Crippen molar-refractivity contribution in [2.45, 2.75) is 6.42 Å². The summed E-state index contributed by atoms with van der Waals surface area (Å²) < 4.78 is 1.01. The molecule has 0 saturated heterocycles. The molecule has 0 spiro atoms. The Kier molecular flexibility index (Phi) is 3.33. The molecule has 1 nitrogen and oxygen atoms in total. The van der Waals surface area contributed by atoms with E-state index in [9.17, 15) is 4.79 Å². The Hall–Kier alpha value is -0.0900. The van der Waals surface area contributed by atoms with Gasteiger partial charge in [-0.15, -0.1) is 0 Å². The van der Waals surface area contributed by atoms with Crippen molar-refractivity contribution in [3.63, 3.8) is 0 Å². The third-order valence-corrected chi connectivity index (χ3v) is 2.88. The van der Waals surface area contributed by atoms with Gasteiger partial charge in [0.05, 0.1) is 5.02 Å². The summed E-state index contributed by atoms with van der Waals surface area (Å²) in [6.45, 7) is 0. The molecule has 58 valence electrons. The summed E-state index contributed by atoms with van der Waals surface area (Å²) in [4.78, 5) is 10.1. The zero-order valence-corrected chi connectivity index (χ0v) is 8.59. The average molecular weight is 280 g/mol. The molecule has 0 heterocycles. The molecule has 0 aliphatic carbocycles. The van der Waals surface area contributed by atoms with Crippen molar-refractivity contribution in [1.29, 1.82) is 0 Å². The van der Waals surface area contributed by atoms with Crippen LogP contribution in [0.5, 0.6) is 0 Å². The van der Waals surface area contributed by atoms with Gasteiger partial charge in [0.2, 0.25) is 0 Å². The fraction of sp³-hybridized carbons (Fsp3) is 0.125. The van der Waals surface area contributed by atoms with Gasteiger partial charge in [-0.25, -0.2) is 0 Å². The lowest BCUT2D eigenvalue weighted by molar-refractivity contribution is -0.107. The maximum absolute atomic E-state index is 10.1. The lowest BCUT2D eigenvalue weighted by Gasteiger charge is -1.97. The maximum atomic E-state index is 10.1. The summed E-state index contributed by atoms with van der Waals surface area (Å²) in [6, 6.07) is 5.63. The minimum Gasteiger partial charge on any atom is -0.303 e. The summed E-state index contributed by atoms with van der Waals surface area (Å²) in [5, 5.41) is 0.713. The Labute approximate surface area is 83.9 Å². The predicted molar refractivity (Wildman–Crippen MR) is 53.9 cm³/mol. The molecule has 0 amide bonds. The fourth-order valence-electron chi connectivity index (χ4n) is 0.763. The molecule has 3 heteroatoms. The topological polar surface area (TPSA) is 17.1 Å². The second-order valence-corrected chi connectivity index (χ2v) is 3.69. The molecule has 1 aromatic rings. The number of rotatable bonds is 2. The average Bonchev–Trinajstić information content (AvgIpc) is 1.98. The van der Waals surface area contributed by atoms with Crippen LogP contribution < -0.4 is 0 Å². The Morgan fingerprint density at radius 2 is 2.27 bits per heavy atom. The SMILES string of the molecule is O=CCc1ccc(I)c(Cl)c1. The molecule has 11 heavy (non-hydrogen) atoms. The highest BCUT2D eigenvalue weighted by Gasteiger charge is 1.97. The maximum Gasteiger partial charge on any atom is 0.124 e. The molecule has 0 bridgehead atoms. The van der Waals surface area contributed by atoms with Gasteiger partial charge in [-0.1, -0.05) is 17.7 Å². The lowest BCUT2D eigenvalue weighted by atomic mass is 10.2. The molecule has 0 aliphatic heterocycles. The molecular weight excluding hydrogens is 274 g/mol. The minimum absolute atomic E-state index is 0.441. The molecule has 0 unspecified atom stereocenters. The first-order chi connectivity index (χ1) is 5.24. The standard InChI is InChI=1S/C8H6ClIO/c9-7-5-6(3-4-11)1-2-8(7)10/h1-2,4-5H,3H2. The Morgan fingerprint density at radius 3 is 2.82 bits per heavy atom. The predicted octanol–water partition coefficient (Wildman–Crippen LogP) is 2.69. The van der Waals surface area contributed by atoms with Crippen molar-refractivity contribution in [2.75, 3.05) is 0 Å². The van der Waals surface area contributed by atoms with Crippen LogP contribution in [0.25, 0.3) is 0 Å². The van der Waals surface area contributed by atoms with Crippen LogP contribution >= 0.6 is 34.2 Å². The number of benzene rings is 1. The van der Waals surface area contributed by atoms with Crippen LogP contribution in [0, 0.1) is 3.57 Å². The van der Waals surface area contributed by atoms with Crippen LogP contribution in [-0.2, 0) is 11.2 Å². The van der Waals surface area contributed by atoms with Crippen molar-refractivity contribution in [2.24, 2.45) is 0 Å². The van der Waals surface area contributed by atoms with E-state index in [-0.39, 0.29) is 0 Å². The number of carbonyl (C=O) groups is 1. The van der Waals surface area contributed by atoms with E-state index >= 15 is 0 Å². The van der Waals surface area contributed by atoms with E-state index in [1.165, 1.54) is 0 Å². The van der Waals surface area contributed by atoms with Crippen molar-refractivity contribution in [3.05, 3.63) is 32.4 Å². The Balaban J connectivity index is 2.95. The number of hydrogen-bond acceptors (Lipinski definition) is 1. The van der Waals surface area contributed by atoms with Gasteiger partial charge in [0.1, 0.15) is 6.29 Å². The van der Waals surface area contributed by atoms with E-state index < -0.39 is 0 Å². The Bertz CT molecular complexity index is 273. The van der Waals surface area contributed by atoms with Gasteiger partial charge < -0.3 is 4.79 Å². The van der Waals surface area contributed by atoms with Gasteiger partial charge in [-0.2, -0.15) is 0 Å². The van der Waals surface area contributed by atoms with Crippen molar-refractivity contribution >= 4 is 40.5 Å². The molecule has 0 radical (unpaired) electrons. The van der Waals surface area contributed by atoms with Crippen LogP contribution in [-0.4, -0.2) is 6.29 Å². The van der Waals surface area contributed by atoms with E-state index in [0.717, 1.165) is 15.4 Å². The van der Waals surface area contributed by atoms with Gasteiger partial charge >= 0.3 is 0 Å². The number of aldehydes is 1. The zero-order valence-electron chi connectivity index (χ0n) is 5.68. The molecule has 0 aliphatic rings. The molecule has 1 rings (SSSR count). The summed E-state index contributed by atoms with van der Waals surface area (Å²) in [5.41, 5.74) is 0.963. The third-order valence-electron chi connectivity index (χ3n) is 1.30. The molecule has 0 saturated carbocycles. The largest absolute Gasteiger partial charge is 0.303 e. The van der Waals surface area contributed by atoms with E-state index in [0.29, 0.717) is 11.4 Å². The Morgan fingerprint density at radius 1 is 1.55 bits per heavy atom. The third kappa shape index (κ3) is 2.45. The van der Waals surface area contributed by atoms with Gasteiger partial charge in [-0.3, -0.25) is 0 Å². The van der Waals surface area contributed by atoms with Gasteiger partial charge in [0.15, 0.2) is 0 Å². The molecular formula is C8H6ClIO. The second-order valence-electron chi connectivity index (χ2n) is 2.12. The highest BCUT2D eigenvalue weighted by Crippen LogP contribution is 2.19. The monoisotopic (exact) mass is 280 g/mol. The smallest absolute Gasteiger partial charge is 0.124 e. The number of halogens is 2. The molecule has 1 aromatic carbocycles. The van der Waals surface area contributed by atoms with Crippen molar-refractivity contribution in [3.8, 4) is 0 Å². The van der Waals surface area contributed by atoms with Crippen molar-refractivity contribution < 1.29 is 4.79 Å².